The van der Waals surface area contributed by atoms with E-state index in [0.29, 0.717) is 30.3 Å². The number of aliphatic hydroxyl groups excluding tert-OH is 1. The van der Waals surface area contributed by atoms with Crippen LogP contribution in [0.15, 0.2) is 18.2 Å². The molecule has 2 aliphatic heterocycles. The van der Waals surface area contributed by atoms with Crippen molar-refractivity contribution < 1.29 is 24.2 Å². The van der Waals surface area contributed by atoms with Crippen LogP contribution in [0.25, 0.3) is 0 Å². The highest BCUT2D eigenvalue weighted by Gasteiger charge is 2.35. The van der Waals surface area contributed by atoms with E-state index in [1.165, 1.54) is 4.90 Å². The number of carbonyl (C=O) groups is 2. The first-order chi connectivity index (χ1) is 10.1. The standard InChI is InChI=1S/C14H16N2O5/c1-15-8-13(18)16(14(15)19)7-10(17)9-2-3-11-12(6-9)21-5-4-20-11/h2-3,6,10,17H,4-5,7-8H2,1H3. The number of urea groups is 1. The largest absolute Gasteiger partial charge is 0.486 e. The Labute approximate surface area is 121 Å². The predicted molar refractivity (Wildman–Crippen MR) is 72.1 cm³/mol. The van der Waals surface area contributed by atoms with Crippen LogP contribution >= 0.6 is 0 Å². The van der Waals surface area contributed by atoms with Gasteiger partial charge in [-0.1, -0.05) is 6.07 Å². The molecule has 1 atom stereocenters. The van der Waals surface area contributed by atoms with Gasteiger partial charge >= 0.3 is 6.03 Å². The Hall–Kier alpha value is -2.28. The lowest BCUT2D eigenvalue weighted by atomic mass is 10.1. The highest BCUT2D eigenvalue weighted by Crippen LogP contribution is 2.33. The number of likely N-dealkylation sites (N-methyl/N-ethyl adjacent to an activating group) is 1. The average molecular weight is 292 g/mol. The zero-order valence-electron chi connectivity index (χ0n) is 11.6. The van der Waals surface area contributed by atoms with Crippen LogP contribution in [-0.4, -0.2) is 60.2 Å². The fourth-order valence-electron chi connectivity index (χ4n) is 2.39. The Morgan fingerprint density at radius 1 is 1.24 bits per heavy atom. The van der Waals surface area contributed by atoms with Crippen molar-refractivity contribution in [2.24, 2.45) is 0 Å². The molecule has 0 spiro atoms. The van der Waals surface area contributed by atoms with Gasteiger partial charge in [0.1, 0.15) is 19.8 Å². The number of carbonyl (C=O) groups excluding carboxylic acids is 2. The molecule has 0 saturated carbocycles. The van der Waals surface area contributed by atoms with Crippen LogP contribution in [0.4, 0.5) is 4.79 Å². The predicted octanol–water partition coefficient (Wildman–Crippen LogP) is 0.385. The molecule has 1 fully saturated rings. The fraction of sp³-hybridized carbons (Fsp3) is 0.429. The summed E-state index contributed by atoms with van der Waals surface area (Å²) in [6.07, 6.45) is -0.958. The summed E-state index contributed by atoms with van der Waals surface area (Å²) in [7, 11) is 1.55. The number of rotatable bonds is 3. The van der Waals surface area contributed by atoms with Crippen molar-refractivity contribution in [1.29, 1.82) is 0 Å². The molecule has 0 aliphatic carbocycles. The van der Waals surface area contributed by atoms with Crippen LogP contribution in [0, 0.1) is 0 Å². The van der Waals surface area contributed by atoms with Gasteiger partial charge in [-0.25, -0.2) is 4.79 Å². The molecule has 1 saturated heterocycles. The van der Waals surface area contributed by atoms with Crippen molar-refractivity contribution >= 4 is 11.9 Å². The normalized spacial score (nSPS) is 19.1. The summed E-state index contributed by atoms with van der Waals surface area (Å²) in [5.41, 5.74) is 0.578. The highest BCUT2D eigenvalue weighted by molar-refractivity contribution is 6.01. The summed E-state index contributed by atoms with van der Waals surface area (Å²) in [5, 5.41) is 10.2. The van der Waals surface area contributed by atoms with E-state index < -0.39 is 12.1 Å². The lowest BCUT2D eigenvalue weighted by Gasteiger charge is -2.22. The molecule has 1 aromatic carbocycles. The van der Waals surface area contributed by atoms with Gasteiger partial charge in [-0.05, 0) is 17.7 Å². The molecule has 1 N–H and O–H groups in total. The van der Waals surface area contributed by atoms with Crippen LogP contribution in [0.3, 0.4) is 0 Å². The number of fused-ring (bicyclic) bond motifs is 1. The number of hydrogen-bond donors (Lipinski definition) is 1. The first-order valence-corrected chi connectivity index (χ1v) is 6.69. The second kappa shape index (κ2) is 5.25. The van der Waals surface area contributed by atoms with Gasteiger partial charge in [0.25, 0.3) is 0 Å². The van der Waals surface area contributed by atoms with Crippen LogP contribution in [0.5, 0.6) is 11.5 Å². The minimum atomic E-state index is -0.958. The van der Waals surface area contributed by atoms with Crippen molar-refractivity contribution in [1.82, 2.24) is 9.80 Å². The van der Waals surface area contributed by atoms with E-state index in [2.05, 4.69) is 0 Å². The molecule has 7 heteroatoms. The molecular formula is C14H16N2O5. The first kappa shape index (κ1) is 13.7. The number of nitrogens with zero attached hydrogens (tertiary/aromatic N) is 2. The summed E-state index contributed by atoms with van der Waals surface area (Å²) < 4.78 is 10.9. The van der Waals surface area contributed by atoms with Gasteiger partial charge in [0.2, 0.25) is 5.91 Å². The fourth-order valence-corrected chi connectivity index (χ4v) is 2.39. The third-order valence-corrected chi connectivity index (χ3v) is 3.54. The van der Waals surface area contributed by atoms with Gasteiger partial charge in [-0.15, -0.1) is 0 Å². The third kappa shape index (κ3) is 2.52. The quantitative estimate of drug-likeness (QED) is 0.815. The summed E-state index contributed by atoms with van der Waals surface area (Å²) in [5.74, 6) is 0.887. The molecular weight excluding hydrogens is 276 g/mol. The smallest absolute Gasteiger partial charge is 0.327 e. The lowest BCUT2D eigenvalue weighted by molar-refractivity contribution is -0.126. The Morgan fingerprint density at radius 3 is 2.62 bits per heavy atom. The second-order valence-corrected chi connectivity index (χ2v) is 5.06. The maximum Gasteiger partial charge on any atom is 0.327 e. The number of hydrogen-bond acceptors (Lipinski definition) is 5. The summed E-state index contributed by atoms with van der Waals surface area (Å²) in [6, 6.07) is 4.70. The van der Waals surface area contributed by atoms with Crippen LogP contribution in [-0.2, 0) is 4.79 Å². The van der Waals surface area contributed by atoms with E-state index in [9.17, 15) is 14.7 Å². The van der Waals surface area contributed by atoms with Gasteiger partial charge in [-0.2, -0.15) is 0 Å². The third-order valence-electron chi connectivity index (χ3n) is 3.54. The number of aliphatic hydroxyl groups is 1. The number of amides is 3. The Balaban J connectivity index is 1.75. The van der Waals surface area contributed by atoms with Crippen molar-refractivity contribution in [3.05, 3.63) is 23.8 Å². The van der Waals surface area contributed by atoms with Gasteiger partial charge < -0.3 is 19.5 Å². The molecule has 2 aliphatic rings. The van der Waals surface area contributed by atoms with Crippen molar-refractivity contribution in [2.45, 2.75) is 6.10 Å². The van der Waals surface area contributed by atoms with Crippen molar-refractivity contribution in [3.63, 3.8) is 0 Å². The van der Waals surface area contributed by atoms with E-state index >= 15 is 0 Å². The maximum absolute atomic E-state index is 11.8. The zero-order valence-corrected chi connectivity index (χ0v) is 11.6. The summed E-state index contributed by atoms with van der Waals surface area (Å²) in [4.78, 5) is 25.9. The molecule has 0 aromatic heterocycles. The van der Waals surface area contributed by atoms with E-state index in [4.69, 9.17) is 9.47 Å². The molecule has 0 radical (unpaired) electrons. The SMILES string of the molecule is CN1CC(=O)N(CC(O)c2ccc3c(c2)OCCO3)C1=O. The number of benzene rings is 1. The average Bonchev–Trinajstić information content (AvgIpc) is 2.73. The summed E-state index contributed by atoms with van der Waals surface area (Å²) in [6.45, 7) is 0.937. The van der Waals surface area contributed by atoms with Crippen molar-refractivity contribution in [2.75, 3.05) is 33.4 Å². The van der Waals surface area contributed by atoms with E-state index in [1.54, 1.807) is 25.2 Å². The van der Waals surface area contributed by atoms with E-state index in [-0.39, 0.29) is 19.0 Å². The van der Waals surface area contributed by atoms with Crippen molar-refractivity contribution in [3.8, 4) is 11.5 Å². The molecule has 112 valence electrons. The minimum absolute atomic E-state index is 0.0483. The molecule has 3 amide bonds. The van der Waals surface area contributed by atoms with E-state index in [0.717, 1.165) is 4.90 Å². The lowest BCUT2D eigenvalue weighted by Crippen LogP contribution is -2.35. The molecule has 0 bridgehead atoms. The molecule has 1 unspecified atom stereocenters. The van der Waals surface area contributed by atoms with Crippen LogP contribution in [0.1, 0.15) is 11.7 Å². The number of β-amino-alcohol motifs (C(OH)–C–C–N with tert-alkyl or cyclic N) is 1. The minimum Gasteiger partial charge on any atom is -0.486 e. The van der Waals surface area contributed by atoms with Gasteiger partial charge in [0.05, 0.1) is 12.6 Å². The molecule has 3 rings (SSSR count). The Bertz CT molecular complexity index is 589. The van der Waals surface area contributed by atoms with E-state index in [1.807, 2.05) is 0 Å². The molecule has 7 nitrogen and oxygen atoms in total. The van der Waals surface area contributed by atoms with Crippen LogP contribution in [0.2, 0.25) is 0 Å². The monoisotopic (exact) mass is 292 g/mol. The van der Waals surface area contributed by atoms with Gasteiger partial charge in [0, 0.05) is 7.05 Å². The van der Waals surface area contributed by atoms with Gasteiger partial charge in [0.15, 0.2) is 11.5 Å². The number of ether oxygens (including phenoxy) is 2. The molecule has 1 aromatic rings. The zero-order chi connectivity index (χ0) is 15.0. The topological polar surface area (TPSA) is 79.3 Å². The Morgan fingerprint density at radius 2 is 1.95 bits per heavy atom. The summed E-state index contributed by atoms with van der Waals surface area (Å²) >= 11 is 0. The van der Waals surface area contributed by atoms with Crippen LogP contribution < -0.4 is 9.47 Å². The first-order valence-electron chi connectivity index (χ1n) is 6.69. The second-order valence-electron chi connectivity index (χ2n) is 5.06. The maximum atomic E-state index is 11.8. The molecule has 2 heterocycles. The molecule has 21 heavy (non-hydrogen) atoms. The highest BCUT2D eigenvalue weighted by atomic mass is 16.6. The number of imide groups is 1. The Kier molecular flexibility index (Phi) is 3.42. The van der Waals surface area contributed by atoms with Gasteiger partial charge in [-0.3, -0.25) is 9.69 Å².